The normalized spacial score (nSPS) is 28.2. The fraction of sp³-hybridized carbons (Fsp3) is 0.667. The lowest BCUT2D eigenvalue weighted by Gasteiger charge is -2.31. The number of aliphatic hydroxyl groups is 3. The molecule has 0 spiro atoms. The first-order valence-electron chi connectivity index (χ1n) is 8.13. The van der Waals surface area contributed by atoms with Crippen LogP contribution in [0.15, 0.2) is 17.1 Å². The van der Waals surface area contributed by atoms with Gasteiger partial charge in [0.05, 0.1) is 13.2 Å². The molecule has 11 heteroatoms. The van der Waals surface area contributed by atoms with Crippen molar-refractivity contribution in [3.05, 3.63) is 22.7 Å². The molecule has 1 fully saturated rings. The summed E-state index contributed by atoms with van der Waals surface area (Å²) in [7, 11) is 0. The second-order valence-corrected chi connectivity index (χ2v) is 5.66. The Morgan fingerprint density at radius 1 is 1.46 bits per heavy atom. The van der Waals surface area contributed by atoms with Crippen molar-refractivity contribution in [2.24, 2.45) is 0 Å². The van der Waals surface area contributed by atoms with Gasteiger partial charge in [0, 0.05) is 25.8 Å². The molecule has 1 saturated heterocycles. The number of nitrogens with zero attached hydrogens (tertiary/aromatic N) is 2. The number of carbonyl (C=O) groups excluding carboxylic acids is 1. The van der Waals surface area contributed by atoms with E-state index in [-0.39, 0.29) is 12.4 Å². The number of ether oxygens (including phenoxy) is 3. The minimum atomic E-state index is -2.39. The molecular formula is C15H23N3O8. The zero-order chi connectivity index (χ0) is 19.3. The van der Waals surface area contributed by atoms with Crippen molar-refractivity contribution in [2.45, 2.75) is 37.4 Å². The first kappa shape index (κ1) is 20.3. The lowest BCUT2D eigenvalue weighted by atomic mass is 10.0. The zero-order valence-electron chi connectivity index (χ0n) is 14.3. The van der Waals surface area contributed by atoms with Crippen LogP contribution in [0, 0.1) is 0 Å². The fourth-order valence-corrected chi connectivity index (χ4v) is 2.66. The maximum atomic E-state index is 12.7. The Morgan fingerprint density at radius 2 is 2.19 bits per heavy atom. The number of rotatable bonds is 8. The van der Waals surface area contributed by atoms with Crippen LogP contribution in [0.25, 0.3) is 0 Å². The van der Waals surface area contributed by atoms with Crippen LogP contribution in [0.4, 0.5) is 5.82 Å². The molecule has 0 unspecified atom stereocenters. The van der Waals surface area contributed by atoms with Crippen molar-refractivity contribution in [2.75, 3.05) is 32.2 Å². The minimum absolute atomic E-state index is 0.0618. The molecule has 0 aromatic carbocycles. The molecule has 2 rings (SSSR count). The van der Waals surface area contributed by atoms with Gasteiger partial charge in [-0.2, -0.15) is 4.98 Å². The predicted octanol–water partition coefficient (Wildman–Crippen LogP) is -2.44. The fourth-order valence-electron chi connectivity index (χ4n) is 2.66. The lowest BCUT2D eigenvalue weighted by molar-refractivity contribution is -0.202. The highest BCUT2D eigenvalue weighted by molar-refractivity contribution is 5.78. The highest BCUT2D eigenvalue weighted by Crippen LogP contribution is 2.36. The number of nitrogen functional groups attached to an aromatic ring is 1. The molecule has 0 bridgehead atoms. The van der Waals surface area contributed by atoms with Gasteiger partial charge in [-0.15, -0.1) is 0 Å². The van der Waals surface area contributed by atoms with Crippen LogP contribution < -0.4 is 11.4 Å². The van der Waals surface area contributed by atoms with Crippen molar-refractivity contribution in [3.8, 4) is 0 Å². The molecule has 0 amide bonds. The molecule has 146 valence electrons. The molecule has 5 N–H and O–H groups in total. The van der Waals surface area contributed by atoms with Gasteiger partial charge in [0.15, 0.2) is 0 Å². The maximum Gasteiger partial charge on any atom is 0.363 e. The number of anilines is 1. The Morgan fingerprint density at radius 3 is 2.77 bits per heavy atom. The lowest BCUT2D eigenvalue weighted by Crippen LogP contribution is -2.56. The van der Waals surface area contributed by atoms with Gasteiger partial charge in [0.25, 0.3) is 5.72 Å². The van der Waals surface area contributed by atoms with Crippen molar-refractivity contribution in [1.82, 2.24) is 9.55 Å². The third-order valence-corrected chi connectivity index (χ3v) is 3.96. The van der Waals surface area contributed by atoms with Crippen molar-refractivity contribution in [1.29, 1.82) is 0 Å². The number of nitrogens with two attached hydrogens (primary N) is 1. The van der Waals surface area contributed by atoms with E-state index in [0.717, 1.165) is 6.20 Å². The Bertz CT molecular complexity index is 681. The van der Waals surface area contributed by atoms with Gasteiger partial charge in [-0.25, -0.2) is 9.59 Å². The molecule has 1 aliphatic rings. The van der Waals surface area contributed by atoms with Crippen LogP contribution in [0.3, 0.4) is 0 Å². The zero-order valence-corrected chi connectivity index (χ0v) is 14.3. The molecule has 1 aliphatic heterocycles. The summed E-state index contributed by atoms with van der Waals surface area (Å²) in [6, 6.07) is 1.22. The number of aliphatic hydroxyl groups excluding tert-OH is 3. The van der Waals surface area contributed by atoms with E-state index in [1.165, 1.54) is 6.07 Å². The summed E-state index contributed by atoms with van der Waals surface area (Å²) < 4.78 is 16.3. The monoisotopic (exact) mass is 373 g/mol. The standard InChI is InChI=1S/C15H23N3O8/c1-2-24-6-3-7-25-13(22)15(12(21)11(20)9(8-19)26-15)18-5-4-10(16)17-14(18)23/h4-5,9,11-12,19-21H,2-3,6-8H2,1H3,(H2,16,17,23)/t9-,11-,12-,15+/m1/s1. The van der Waals surface area contributed by atoms with Crippen molar-refractivity contribution in [3.63, 3.8) is 0 Å². The van der Waals surface area contributed by atoms with E-state index in [1.54, 1.807) is 0 Å². The van der Waals surface area contributed by atoms with Gasteiger partial charge in [0.1, 0.15) is 24.1 Å². The third-order valence-electron chi connectivity index (χ3n) is 3.96. The van der Waals surface area contributed by atoms with Crippen LogP contribution >= 0.6 is 0 Å². The summed E-state index contributed by atoms with van der Waals surface area (Å²) in [5, 5.41) is 29.8. The Labute approximate surface area is 148 Å². The summed E-state index contributed by atoms with van der Waals surface area (Å²) >= 11 is 0. The van der Waals surface area contributed by atoms with E-state index in [4.69, 9.17) is 19.9 Å². The molecule has 26 heavy (non-hydrogen) atoms. The summed E-state index contributed by atoms with van der Waals surface area (Å²) in [4.78, 5) is 28.4. The largest absolute Gasteiger partial charge is 0.462 e. The van der Waals surface area contributed by atoms with Gasteiger partial charge < -0.3 is 35.3 Å². The minimum Gasteiger partial charge on any atom is -0.462 e. The average Bonchev–Trinajstić information content (AvgIpc) is 2.87. The van der Waals surface area contributed by atoms with E-state index < -0.39 is 42.3 Å². The van der Waals surface area contributed by atoms with E-state index >= 15 is 0 Å². The molecule has 0 aliphatic carbocycles. The van der Waals surface area contributed by atoms with E-state index in [0.29, 0.717) is 24.2 Å². The first-order chi connectivity index (χ1) is 12.4. The van der Waals surface area contributed by atoms with Gasteiger partial charge in [-0.3, -0.25) is 4.57 Å². The summed E-state index contributed by atoms with van der Waals surface area (Å²) in [5.41, 5.74) is 2.06. The number of carbonyl (C=O) groups is 1. The second-order valence-electron chi connectivity index (χ2n) is 5.66. The van der Waals surface area contributed by atoms with E-state index in [2.05, 4.69) is 4.98 Å². The molecule has 0 radical (unpaired) electrons. The maximum absolute atomic E-state index is 12.7. The topological polar surface area (TPSA) is 166 Å². The van der Waals surface area contributed by atoms with Crippen LogP contribution in [-0.2, 0) is 24.7 Å². The predicted molar refractivity (Wildman–Crippen MR) is 86.9 cm³/mol. The quantitative estimate of drug-likeness (QED) is 0.284. The summed E-state index contributed by atoms with van der Waals surface area (Å²) in [5.74, 6) is -1.21. The number of aromatic nitrogens is 2. The molecular weight excluding hydrogens is 350 g/mol. The number of hydrogen-bond donors (Lipinski definition) is 4. The van der Waals surface area contributed by atoms with Gasteiger partial charge in [0.2, 0.25) is 0 Å². The highest BCUT2D eigenvalue weighted by atomic mass is 16.6. The smallest absolute Gasteiger partial charge is 0.363 e. The molecule has 11 nitrogen and oxygen atoms in total. The Balaban J connectivity index is 2.34. The van der Waals surface area contributed by atoms with E-state index in [1.807, 2.05) is 6.92 Å². The first-order valence-corrected chi connectivity index (χ1v) is 8.13. The second kappa shape index (κ2) is 8.56. The highest BCUT2D eigenvalue weighted by Gasteiger charge is 2.62. The third kappa shape index (κ3) is 3.71. The van der Waals surface area contributed by atoms with Crippen LogP contribution in [0.5, 0.6) is 0 Å². The van der Waals surface area contributed by atoms with Crippen LogP contribution in [-0.4, -0.2) is 75.6 Å². The van der Waals surface area contributed by atoms with Gasteiger partial charge in [-0.05, 0) is 13.0 Å². The Kier molecular flexibility index (Phi) is 6.67. The van der Waals surface area contributed by atoms with Crippen molar-refractivity contribution >= 4 is 11.8 Å². The van der Waals surface area contributed by atoms with Gasteiger partial charge >= 0.3 is 11.7 Å². The molecule has 0 saturated carbocycles. The molecule has 1 aromatic heterocycles. The molecule has 4 atom stereocenters. The van der Waals surface area contributed by atoms with Crippen LogP contribution in [0.2, 0.25) is 0 Å². The molecule has 2 heterocycles. The summed E-state index contributed by atoms with van der Waals surface area (Å²) in [6.45, 7) is 1.94. The number of hydrogen-bond acceptors (Lipinski definition) is 10. The molecule has 1 aromatic rings. The van der Waals surface area contributed by atoms with Crippen LogP contribution in [0.1, 0.15) is 13.3 Å². The van der Waals surface area contributed by atoms with E-state index in [9.17, 15) is 24.9 Å². The Hall–Kier alpha value is -2.05. The average molecular weight is 373 g/mol. The van der Waals surface area contributed by atoms with Crippen molar-refractivity contribution < 1.29 is 34.3 Å². The number of esters is 1. The van der Waals surface area contributed by atoms with Gasteiger partial charge in [-0.1, -0.05) is 0 Å². The SMILES string of the molecule is CCOCCCOC(=O)[C@@]1(n2ccc(N)nc2=O)O[C@H](CO)[C@@H](O)[C@H]1O. The summed E-state index contributed by atoms with van der Waals surface area (Å²) in [6.07, 6.45) is -3.32.